The van der Waals surface area contributed by atoms with Crippen molar-refractivity contribution in [3.05, 3.63) is 0 Å². The van der Waals surface area contributed by atoms with Crippen molar-refractivity contribution < 1.29 is 8.78 Å². The van der Waals surface area contributed by atoms with Crippen molar-refractivity contribution in [2.24, 2.45) is 5.92 Å². The van der Waals surface area contributed by atoms with Crippen LogP contribution in [0.2, 0.25) is 0 Å². The third-order valence-corrected chi connectivity index (χ3v) is 3.16. The number of alkyl halides is 2. The molecule has 90 valence electrons. The van der Waals surface area contributed by atoms with Gasteiger partial charge in [0.25, 0.3) is 6.43 Å². The van der Waals surface area contributed by atoms with Gasteiger partial charge < -0.3 is 5.32 Å². The summed E-state index contributed by atoms with van der Waals surface area (Å²) < 4.78 is 24.2. The summed E-state index contributed by atoms with van der Waals surface area (Å²) in [6.07, 6.45) is 1.34. The summed E-state index contributed by atoms with van der Waals surface area (Å²) >= 11 is 0. The molecule has 0 aromatic rings. The van der Waals surface area contributed by atoms with Crippen LogP contribution in [0.5, 0.6) is 0 Å². The lowest BCUT2D eigenvalue weighted by molar-refractivity contribution is 0.0918. The molecule has 0 aromatic carbocycles. The van der Waals surface area contributed by atoms with Gasteiger partial charge in [0.05, 0.1) is 6.54 Å². The molecular weight excluding hydrogens is 198 g/mol. The summed E-state index contributed by atoms with van der Waals surface area (Å²) in [5.41, 5.74) is 0. The highest BCUT2D eigenvalue weighted by Gasteiger charge is 2.21. The molecular formula is C11H22F2N2. The Morgan fingerprint density at radius 1 is 1.47 bits per heavy atom. The maximum Gasteiger partial charge on any atom is 0.251 e. The van der Waals surface area contributed by atoms with Crippen LogP contribution in [-0.2, 0) is 0 Å². The van der Waals surface area contributed by atoms with Crippen LogP contribution < -0.4 is 5.32 Å². The minimum atomic E-state index is -2.22. The Kier molecular flexibility index (Phi) is 5.47. The number of rotatable bonds is 5. The van der Waals surface area contributed by atoms with Crippen LogP contribution in [0.25, 0.3) is 0 Å². The number of hydrogen-bond donors (Lipinski definition) is 1. The zero-order valence-electron chi connectivity index (χ0n) is 9.68. The van der Waals surface area contributed by atoms with Gasteiger partial charge in [-0.15, -0.1) is 0 Å². The quantitative estimate of drug-likeness (QED) is 0.762. The summed E-state index contributed by atoms with van der Waals surface area (Å²) in [6.45, 7) is 3.86. The van der Waals surface area contributed by atoms with Gasteiger partial charge in [-0.2, -0.15) is 0 Å². The van der Waals surface area contributed by atoms with Crippen LogP contribution in [0.1, 0.15) is 26.2 Å². The standard InChI is InChI=1S/C11H22F2N2/c1-3-9-4-5-14-10(6-9)7-15(2)8-11(12)13/h9-11,14H,3-8H2,1-2H3. The highest BCUT2D eigenvalue weighted by Crippen LogP contribution is 2.19. The minimum Gasteiger partial charge on any atom is -0.313 e. The Balaban J connectivity index is 2.25. The van der Waals surface area contributed by atoms with Gasteiger partial charge in [-0.25, -0.2) is 8.78 Å². The lowest BCUT2D eigenvalue weighted by Gasteiger charge is -2.32. The average molecular weight is 220 g/mol. The SMILES string of the molecule is CCC1CCNC(CN(C)CC(F)F)C1. The normalized spacial score (nSPS) is 27.6. The highest BCUT2D eigenvalue weighted by atomic mass is 19.3. The fraction of sp³-hybridized carbons (Fsp3) is 1.00. The molecule has 1 N–H and O–H groups in total. The molecule has 15 heavy (non-hydrogen) atoms. The maximum atomic E-state index is 12.1. The fourth-order valence-corrected chi connectivity index (χ4v) is 2.29. The van der Waals surface area contributed by atoms with Gasteiger partial charge in [-0.1, -0.05) is 13.3 Å². The van der Waals surface area contributed by atoms with E-state index in [9.17, 15) is 8.78 Å². The first kappa shape index (κ1) is 12.8. The molecule has 1 fully saturated rings. The van der Waals surface area contributed by atoms with Crippen molar-refractivity contribution in [2.75, 3.05) is 26.7 Å². The summed E-state index contributed by atoms with van der Waals surface area (Å²) in [5, 5.41) is 3.40. The smallest absolute Gasteiger partial charge is 0.251 e. The van der Waals surface area contributed by atoms with E-state index in [0.29, 0.717) is 6.04 Å². The number of piperidine rings is 1. The molecule has 1 aliphatic heterocycles. The van der Waals surface area contributed by atoms with Gasteiger partial charge in [0.15, 0.2) is 0 Å². The molecule has 0 aromatic heterocycles. The van der Waals surface area contributed by atoms with Gasteiger partial charge >= 0.3 is 0 Å². The van der Waals surface area contributed by atoms with Crippen molar-refractivity contribution >= 4 is 0 Å². The van der Waals surface area contributed by atoms with Gasteiger partial charge in [-0.05, 0) is 32.4 Å². The Bertz CT molecular complexity index is 176. The Morgan fingerprint density at radius 2 is 2.20 bits per heavy atom. The topological polar surface area (TPSA) is 15.3 Å². The molecule has 1 saturated heterocycles. The first-order valence-electron chi connectivity index (χ1n) is 5.81. The van der Waals surface area contributed by atoms with Crippen LogP contribution in [0.4, 0.5) is 8.78 Å². The Labute approximate surface area is 91.0 Å². The van der Waals surface area contributed by atoms with Gasteiger partial charge in [0.1, 0.15) is 0 Å². The monoisotopic (exact) mass is 220 g/mol. The zero-order chi connectivity index (χ0) is 11.3. The summed E-state index contributed by atoms with van der Waals surface area (Å²) in [5.74, 6) is 0.774. The number of hydrogen-bond acceptors (Lipinski definition) is 2. The molecule has 0 radical (unpaired) electrons. The Hall–Kier alpha value is -0.220. The molecule has 2 nitrogen and oxygen atoms in total. The predicted octanol–water partition coefficient (Wildman–Crippen LogP) is 1.96. The van der Waals surface area contributed by atoms with Crippen LogP contribution in [0, 0.1) is 5.92 Å². The van der Waals surface area contributed by atoms with Gasteiger partial charge in [-0.3, -0.25) is 4.90 Å². The average Bonchev–Trinajstić information content (AvgIpc) is 2.16. The molecule has 0 bridgehead atoms. The highest BCUT2D eigenvalue weighted by molar-refractivity contribution is 4.79. The van der Waals surface area contributed by atoms with E-state index in [0.717, 1.165) is 25.4 Å². The van der Waals surface area contributed by atoms with E-state index in [-0.39, 0.29) is 6.54 Å². The van der Waals surface area contributed by atoms with E-state index < -0.39 is 6.43 Å². The van der Waals surface area contributed by atoms with Crippen molar-refractivity contribution in [2.45, 2.75) is 38.7 Å². The molecule has 2 atom stereocenters. The second-order valence-corrected chi connectivity index (χ2v) is 4.56. The molecule has 0 amide bonds. The molecule has 4 heteroatoms. The van der Waals surface area contributed by atoms with Crippen molar-refractivity contribution in [3.8, 4) is 0 Å². The number of nitrogens with one attached hydrogen (secondary N) is 1. The minimum absolute atomic E-state index is 0.116. The zero-order valence-corrected chi connectivity index (χ0v) is 9.68. The first-order valence-corrected chi connectivity index (χ1v) is 5.81. The molecule has 1 heterocycles. The van der Waals surface area contributed by atoms with Crippen molar-refractivity contribution in [3.63, 3.8) is 0 Å². The Morgan fingerprint density at radius 3 is 2.80 bits per heavy atom. The number of likely N-dealkylation sites (N-methyl/N-ethyl adjacent to an activating group) is 1. The largest absolute Gasteiger partial charge is 0.313 e. The third-order valence-electron chi connectivity index (χ3n) is 3.16. The van der Waals surface area contributed by atoms with Crippen molar-refractivity contribution in [1.82, 2.24) is 10.2 Å². The van der Waals surface area contributed by atoms with E-state index in [1.54, 1.807) is 11.9 Å². The third kappa shape index (κ3) is 4.89. The second kappa shape index (κ2) is 6.38. The fourth-order valence-electron chi connectivity index (χ4n) is 2.29. The van der Waals surface area contributed by atoms with Crippen molar-refractivity contribution in [1.29, 1.82) is 0 Å². The van der Waals surface area contributed by atoms with Gasteiger partial charge in [0, 0.05) is 12.6 Å². The van der Waals surface area contributed by atoms with Crippen LogP contribution in [0.3, 0.4) is 0 Å². The van der Waals surface area contributed by atoms with Crippen LogP contribution >= 0.6 is 0 Å². The lowest BCUT2D eigenvalue weighted by atomic mass is 9.90. The molecule has 2 unspecified atom stereocenters. The molecule has 1 rings (SSSR count). The predicted molar refractivity (Wildman–Crippen MR) is 58.3 cm³/mol. The molecule has 0 spiro atoms. The maximum absolute atomic E-state index is 12.1. The van der Waals surface area contributed by atoms with Gasteiger partial charge in [0.2, 0.25) is 0 Å². The molecule has 0 aliphatic carbocycles. The van der Waals surface area contributed by atoms with E-state index in [4.69, 9.17) is 0 Å². The first-order chi connectivity index (χ1) is 7.11. The van der Waals surface area contributed by atoms with Crippen LogP contribution in [-0.4, -0.2) is 44.0 Å². The van der Waals surface area contributed by atoms with E-state index >= 15 is 0 Å². The molecule has 1 aliphatic rings. The molecule has 0 saturated carbocycles. The summed E-state index contributed by atoms with van der Waals surface area (Å²) in [4.78, 5) is 1.72. The summed E-state index contributed by atoms with van der Waals surface area (Å²) in [6, 6.07) is 0.396. The number of nitrogens with zero attached hydrogens (tertiary/aromatic N) is 1. The number of halogens is 2. The van der Waals surface area contributed by atoms with Crippen LogP contribution in [0.15, 0.2) is 0 Å². The van der Waals surface area contributed by atoms with E-state index in [2.05, 4.69) is 12.2 Å². The second-order valence-electron chi connectivity index (χ2n) is 4.56. The lowest BCUT2D eigenvalue weighted by Crippen LogP contribution is -2.45. The van der Waals surface area contributed by atoms with E-state index in [1.807, 2.05) is 0 Å². The summed E-state index contributed by atoms with van der Waals surface area (Å²) in [7, 11) is 1.77. The van der Waals surface area contributed by atoms with E-state index in [1.165, 1.54) is 12.8 Å².